The summed E-state index contributed by atoms with van der Waals surface area (Å²) < 4.78 is 1.95. The topological polar surface area (TPSA) is 94.0 Å². The molecule has 3 N–H and O–H groups in total. The number of aliphatic carboxylic acids is 1. The van der Waals surface area contributed by atoms with Crippen molar-refractivity contribution >= 4 is 11.8 Å². The summed E-state index contributed by atoms with van der Waals surface area (Å²) in [6, 6.07) is 3.48. The SMILES string of the molecule is CC(C)CCn1cnc([C@@H](Cc2ccc(N)nc2)C(=O)O)c1. The second-order valence-corrected chi connectivity index (χ2v) is 5.91. The normalized spacial score (nSPS) is 12.5. The van der Waals surface area contributed by atoms with Gasteiger partial charge in [-0.1, -0.05) is 19.9 Å². The number of carboxylic acids is 1. The average Bonchev–Trinajstić information content (AvgIpc) is 2.92. The maximum Gasteiger partial charge on any atom is 0.312 e. The van der Waals surface area contributed by atoms with E-state index in [9.17, 15) is 9.90 Å². The number of carboxylic acid groups (broad SMARTS) is 1. The number of anilines is 1. The van der Waals surface area contributed by atoms with Gasteiger partial charge in [0.2, 0.25) is 0 Å². The van der Waals surface area contributed by atoms with Crippen LogP contribution in [0.1, 0.15) is 37.4 Å². The lowest BCUT2D eigenvalue weighted by Crippen LogP contribution is -2.15. The smallest absolute Gasteiger partial charge is 0.312 e. The molecule has 2 aromatic heterocycles. The largest absolute Gasteiger partial charge is 0.481 e. The van der Waals surface area contributed by atoms with E-state index in [1.165, 1.54) is 0 Å². The minimum atomic E-state index is -0.883. The lowest BCUT2D eigenvalue weighted by atomic mass is 9.98. The number of nitrogen functional groups attached to an aromatic ring is 1. The molecule has 0 amide bonds. The van der Waals surface area contributed by atoms with E-state index in [1.807, 2.05) is 10.8 Å². The van der Waals surface area contributed by atoms with Gasteiger partial charge in [-0.05, 0) is 30.4 Å². The van der Waals surface area contributed by atoms with E-state index in [0.29, 0.717) is 23.9 Å². The maximum atomic E-state index is 11.6. The monoisotopic (exact) mass is 302 g/mol. The highest BCUT2D eigenvalue weighted by Gasteiger charge is 2.23. The molecule has 2 rings (SSSR count). The molecule has 6 nitrogen and oxygen atoms in total. The molecule has 0 aliphatic heterocycles. The van der Waals surface area contributed by atoms with Crippen molar-refractivity contribution in [2.45, 2.75) is 39.2 Å². The van der Waals surface area contributed by atoms with Crippen LogP contribution in [0.15, 0.2) is 30.9 Å². The molecule has 1 atom stereocenters. The Balaban J connectivity index is 2.11. The van der Waals surface area contributed by atoms with Gasteiger partial charge in [-0.15, -0.1) is 0 Å². The Morgan fingerprint density at radius 2 is 2.14 bits per heavy atom. The quantitative estimate of drug-likeness (QED) is 0.818. The number of hydrogen-bond acceptors (Lipinski definition) is 4. The highest BCUT2D eigenvalue weighted by Crippen LogP contribution is 2.20. The Labute approximate surface area is 130 Å². The first-order valence-corrected chi connectivity index (χ1v) is 7.40. The van der Waals surface area contributed by atoms with Crippen LogP contribution >= 0.6 is 0 Å². The van der Waals surface area contributed by atoms with Crippen LogP contribution in [0.2, 0.25) is 0 Å². The Bertz CT molecular complexity index is 619. The number of aromatic nitrogens is 3. The standard InChI is InChI=1S/C16H22N4O2/c1-11(2)5-6-20-9-14(19-10-20)13(16(21)22)7-12-3-4-15(17)18-8-12/h3-4,8-11,13H,5-7H2,1-2H3,(H2,17,18)(H,21,22)/t13-/m1/s1. The Hall–Kier alpha value is -2.37. The second kappa shape index (κ2) is 7.06. The zero-order chi connectivity index (χ0) is 16.1. The van der Waals surface area contributed by atoms with E-state index in [-0.39, 0.29) is 0 Å². The molecule has 0 saturated carbocycles. The zero-order valence-corrected chi connectivity index (χ0v) is 12.9. The van der Waals surface area contributed by atoms with E-state index < -0.39 is 11.9 Å². The third-order valence-electron chi connectivity index (χ3n) is 3.56. The van der Waals surface area contributed by atoms with Crippen LogP contribution in [-0.4, -0.2) is 25.6 Å². The first-order chi connectivity index (χ1) is 10.5. The summed E-state index contributed by atoms with van der Waals surface area (Å²) in [5.74, 6) is -0.535. The minimum absolute atomic E-state index is 0.351. The van der Waals surface area contributed by atoms with Crippen molar-refractivity contribution in [3.05, 3.63) is 42.1 Å². The van der Waals surface area contributed by atoms with Gasteiger partial charge < -0.3 is 15.4 Å². The number of aryl methyl sites for hydroxylation is 1. The van der Waals surface area contributed by atoms with Gasteiger partial charge in [0, 0.05) is 18.9 Å². The fourth-order valence-electron chi connectivity index (χ4n) is 2.20. The van der Waals surface area contributed by atoms with E-state index in [1.54, 1.807) is 24.7 Å². The molecule has 0 aromatic carbocycles. The van der Waals surface area contributed by atoms with Crippen LogP contribution in [0.3, 0.4) is 0 Å². The fraction of sp³-hybridized carbons (Fsp3) is 0.438. The lowest BCUT2D eigenvalue weighted by molar-refractivity contribution is -0.138. The van der Waals surface area contributed by atoms with Crippen LogP contribution in [0.25, 0.3) is 0 Å². The van der Waals surface area contributed by atoms with E-state index >= 15 is 0 Å². The molecule has 0 aliphatic carbocycles. The summed E-state index contributed by atoms with van der Waals surface area (Å²) in [6.07, 6.45) is 6.53. The van der Waals surface area contributed by atoms with Crippen molar-refractivity contribution < 1.29 is 9.90 Å². The van der Waals surface area contributed by atoms with Crippen LogP contribution < -0.4 is 5.73 Å². The second-order valence-electron chi connectivity index (χ2n) is 5.91. The summed E-state index contributed by atoms with van der Waals surface area (Å²) in [7, 11) is 0. The average molecular weight is 302 g/mol. The summed E-state index contributed by atoms with van der Waals surface area (Å²) >= 11 is 0. The molecular weight excluding hydrogens is 280 g/mol. The van der Waals surface area contributed by atoms with Crippen molar-refractivity contribution in [3.63, 3.8) is 0 Å². The Kier molecular flexibility index (Phi) is 5.14. The van der Waals surface area contributed by atoms with Crippen molar-refractivity contribution in [3.8, 4) is 0 Å². The number of pyridine rings is 1. The van der Waals surface area contributed by atoms with Gasteiger partial charge >= 0.3 is 5.97 Å². The summed E-state index contributed by atoms with van der Waals surface area (Å²) in [5, 5.41) is 9.48. The van der Waals surface area contributed by atoms with Crippen molar-refractivity contribution in [2.75, 3.05) is 5.73 Å². The van der Waals surface area contributed by atoms with Crippen LogP contribution in [0, 0.1) is 5.92 Å². The molecule has 0 unspecified atom stereocenters. The van der Waals surface area contributed by atoms with Gasteiger partial charge in [0.25, 0.3) is 0 Å². The number of nitrogens with two attached hydrogens (primary N) is 1. The van der Waals surface area contributed by atoms with Gasteiger partial charge in [-0.3, -0.25) is 4.79 Å². The predicted molar refractivity (Wildman–Crippen MR) is 84.4 cm³/mol. The van der Waals surface area contributed by atoms with Crippen molar-refractivity contribution in [1.82, 2.24) is 14.5 Å². The molecule has 0 saturated heterocycles. The number of hydrogen-bond donors (Lipinski definition) is 2. The lowest BCUT2D eigenvalue weighted by Gasteiger charge is -2.10. The molecule has 0 radical (unpaired) electrons. The predicted octanol–water partition coefficient (Wildman–Crippen LogP) is 2.32. The molecule has 0 bridgehead atoms. The molecular formula is C16H22N4O2. The molecule has 22 heavy (non-hydrogen) atoms. The Morgan fingerprint density at radius 3 is 2.73 bits per heavy atom. The molecule has 0 spiro atoms. The molecule has 0 fully saturated rings. The molecule has 0 aliphatic rings. The number of imidazole rings is 1. The van der Waals surface area contributed by atoms with Crippen molar-refractivity contribution in [2.24, 2.45) is 5.92 Å². The number of carbonyl (C=O) groups is 1. The zero-order valence-electron chi connectivity index (χ0n) is 12.9. The Morgan fingerprint density at radius 1 is 1.36 bits per heavy atom. The van der Waals surface area contributed by atoms with Gasteiger partial charge in [0.15, 0.2) is 0 Å². The van der Waals surface area contributed by atoms with Gasteiger partial charge in [0.1, 0.15) is 11.7 Å². The number of rotatable bonds is 7. The van der Waals surface area contributed by atoms with Crippen LogP contribution in [-0.2, 0) is 17.8 Å². The van der Waals surface area contributed by atoms with E-state index in [4.69, 9.17) is 5.73 Å². The molecule has 6 heteroatoms. The maximum absolute atomic E-state index is 11.6. The highest BCUT2D eigenvalue weighted by molar-refractivity contribution is 5.75. The fourth-order valence-corrected chi connectivity index (χ4v) is 2.20. The van der Waals surface area contributed by atoms with Crippen molar-refractivity contribution in [1.29, 1.82) is 0 Å². The first-order valence-electron chi connectivity index (χ1n) is 7.40. The summed E-state index contributed by atoms with van der Waals surface area (Å²) in [4.78, 5) is 19.8. The van der Waals surface area contributed by atoms with Gasteiger partial charge in [-0.2, -0.15) is 0 Å². The van der Waals surface area contributed by atoms with Crippen LogP contribution in [0.4, 0.5) is 5.82 Å². The van der Waals surface area contributed by atoms with E-state index in [0.717, 1.165) is 18.5 Å². The van der Waals surface area contributed by atoms with E-state index in [2.05, 4.69) is 23.8 Å². The minimum Gasteiger partial charge on any atom is -0.481 e. The molecule has 118 valence electrons. The number of nitrogens with zero attached hydrogens (tertiary/aromatic N) is 3. The highest BCUT2D eigenvalue weighted by atomic mass is 16.4. The van der Waals surface area contributed by atoms with Crippen LogP contribution in [0.5, 0.6) is 0 Å². The molecule has 2 aromatic rings. The van der Waals surface area contributed by atoms with Gasteiger partial charge in [0.05, 0.1) is 12.0 Å². The summed E-state index contributed by atoms with van der Waals surface area (Å²) in [6.45, 7) is 5.17. The third-order valence-corrected chi connectivity index (χ3v) is 3.56. The summed E-state index contributed by atoms with van der Waals surface area (Å²) in [5.41, 5.74) is 6.96. The third kappa shape index (κ3) is 4.31. The molecule has 2 heterocycles. The van der Waals surface area contributed by atoms with Gasteiger partial charge in [-0.25, -0.2) is 9.97 Å². The first kappa shape index (κ1) is 16.0.